The third kappa shape index (κ3) is 3.16. The van der Waals surface area contributed by atoms with E-state index in [0.29, 0.717) is 0 Å². The molecule has 12 heavy (non-hydrogen) atoms. The molecule has 1 aliphatic heterocycles. The van der Waals surface area contributed by atoms with Crippen molar-refractivity contribution in [3.63, 3.8) is 0 Å². The lowest BCUT2D eigenvalue weighted by atomic mass is 10.1. The van der Waals surface area contributed by atoms with E-state index in [4.69, 9.17) is 0 Å². The molecule has 0 bridgehead atoms. The molecule has 0 spiro atoms. The van der Waals surface area contributed by atoms with Gasteiger partial charge >= 0.3 is 0 Å². The van der Waals surface area contributed by atoms with E-state index in [9.17, 15) is 18.3 Å². The number of sulfone groups is 1. The van der Waals surface area contributed by atoms with Crippen molar-refractivity contribution >= 4 is 15.8 Å². The number of carbonyl (C=O) groups excluding carboxylic acids is 1. The van der Waals surface area contributed by atoms with Crippen LogP contribution < -0.4 is 16.8 Å². The predicted octanol–water partition coefficient (Wildman–Crippen LogP) is -3.73. The lowest BCUT2D eigenvalue weighted by Gasteiger charge is -2.06. The van der Waals surface area contributed by atoms with Gasteiger partial charge in [0.1, 0.15) is 0 Å². The van der Waals surface area contributed by atoms with E-state index in [-0.39, 0.29) is 17.9 Å². The zero-order valence-corrected chi connectivity index (χ0v) is 7.34. The van der Waals surface area contributed by atoms with Crippen LogP contribution in [-0.4, -0.2) is 25.9 Å². The Hall–Kier alpha value is -0.660. The molecule has 1 rings (SSSR count). The number of carboxylic acid groups (broad SMARTS) is 1. The number of rotatable bonds is 1. The van der Waals surface area contributed by atoms with Gasteiger partial charge in [-0.25, -0.2) is 8.42 Å². The largest absolute Gasteiger partial charge is 0.550 e. The molecule has 5 N–H and O–H groups in total. The molecular weight excluding hydrogens is 184 g/mol. The summed E-state index contributed by atoms with van der Waals surface area (Å²) in [5.74, 6) is 4.73. The van der Waals surface area contributed by atoms with Crippen LogP contribution in [0.3, 0.4) is 0 Å². The fraction of sp³-hybridized carbons (Fsp3) is 0.800. The van der Waals surface area contributed by atoms with Crippen molar-refractivity contribution in [2.24, 2.45) is 11.8 Å². The molecule has 0 radical (unpaired) electrons. The topological polar surface area (TPSA) is 128 Å². The van der Waals surface area contributed by atoms with Crippen LogP contribution in [0.25, 0.3) is 0 Å². The van der Waals surface area contributed by atoms with Crippen molar-refractivity contribution in [2.45, 2.75) is 6.42 Å². The monoisotopic (exact) mass is 196 g/mol. The van der Waals surface area contributed by atoms with Crippen LogP contribution in [-0.2, 0) is 14.6 Å². The van der Waals surface area contributed by atoms with Gasteiger partial charge in [-0.1, -0.05) is 0 Å². The van der Waals surface area contributed by atoms with Gasteiger partial charge in [-0.3, -0.25) is 5.84 Å². The number of hydrogen-bond acceptors (Lipinski definition) is 5. The van der Waals surface area contributed by atoms with Crippen molar-refractivity contribution in [1.29, 1.82) is 0 Å². The summed E-state index contributed by atoms with van der Waals surface area (Å²) < 4.78 is 21.3. The van der Waals surface area contributed by atoms with Gasteiger partial charge in [-0.15, -0.1) is 0 Å². The maximum Gasteiger partial charge on any atom is 0.150 e. The van der Waals surface area contributed by atoms with Crippen molar-refractivity contribution in [2.75, 3.05) is 11.5 Å². The van der Waals surface area contributed by atoms with Crippen molar-refractivity contribution in [3.8, 4) is 0 Å². The highest BCUT2D eigenvalue weighted by Gasteiger charge is 2.28. The number of aliphatic carboxylic acids is 1. The molecule has 1 aliphatic rings. The Balaban J connectivity index is 0.000000561. The first-order valence-electron chi connectivity index (χ1n) is 3.33. The van der Waals surface area contributed by atoms with Crippen LogP contribution in [0.2, 0.25) is 0 Å². The molecule has 1 fully saturated rings. The van der Waals surface area contributed by atoms with E-state index in [2.05, 4.69) is 11.7 Å². The Morgan fingerprint density at radius 1 is 1.50 bits per heavy atom. The van der Waals surface area contributed by atoms with Gasteiger partial charge in [-0.2, -0.15) is 5.84 Å². The second-order valence-electron chi connectivity index (χ2n) is 2.42. The number of hydrogen-bond donors (Lipinski definition) is 2. The van der Waals surface area contributed by atoms with Gasteiger partial charge in [0.05, 0.1) is 11.5 Å². The van der Waals surface area contributed by atoms with E-state index >= 15 is 0 Å². The summed E-state index contributed by atoms with van der Waals surface area (Å²) in [6.45, 7) is 0. The normalized spacial score (nSPS) is 25.7. The average molecular weight is 196 g/mol. The summed E-state index contributed by atoms with van der Waals surface area (Å²) in [6, 6.07) is 0. The van der Waals surface area contributed by atoms with Crippen LogP contribution in [0.15, 0.2) is 0 Å². The van der Waals surface area contributed by atoms with Crippen molar-refractivity contribution < 1.29 is 24.2 Å². The number of carboxylic acids is 1. The van der Waals surface area contributed by atoms with E-state index in [1.165, 1.54) is 0 Å². The van der Waals surface area contributed by atoms with Crippen molar-refractivity contribution in [3.05, 3.63) is 0 Å². The fourth-order valence-electron chi connectivity index (χ4n) is 0.981. The molecule has 0 amide bonds. The minimum atomic E-state index is -3.06. The Morgan fingerprint density at radius 3 is 2.17 bits per heavy atom. The minimum absolute atomic E-state index is 0.00829. The maximum atomic E-state index is 10.7. The smallest absolute Gasteiger partial charge is 0.150 e. The highest BCUT2D eigenvalue weighted by Crippen LogP contribution is 2.16. The van der Waals surface area contributed by atoms with Gasteiger partial charge < -0.3 is 9.90 Å². The van der Waals surface area contributed by atoms with Crippen molar-refractivity contribution in [1.82, 2.24) is 0 Å². The second kappa shape index (κ2) is 4.39. The lowest BCUT2D eigenvalue weighted by molar-refractivity contribution is -0.379. The van der Waals surface area contributed by atoms with E-state index < -0.39 is 21.7 Å². The zero-order chi connectivity index (χ0) is 9.78. The summed E-state index contributed by atoms with van der Waals surface area (Å²) in [5, 5.41) is 10.1. The molecule has 0 aliphatic carbocycles. The average Bonchev–Trinajstić information content (AvgIpc) is 2.35. The van der Waals surface area contributed by atoms with Crippen LogP contribution in [0.4, 0.5) is 0 Å². The minimum Gasteiger partial charge on any atom is -0.550 e. The van der Waals surface area contributed by atoms with E-state index in [0.717, 1.165) is 0 Å². The molecule has 72 valence electrons. The molecule has 0 aromatic rings. The fourth-order valence-corrected chi connectivity index (χ4v) is 2.71. The first-order chi connectivity index (χ1) is 5.51. The van der Waals surface area contributed by atoms with Crippen LogP contribution in [0.1, 0.15) is 6.42 Å². The summed E-state index contributed by atoms with van der Waals surface area (Å²) in [5.41, 5.74) is 0. The predicted molar refractivity (Wildman–Crippen MR) is 38.8 cm³/mol. The molecule has 1 heterocycles. The highest BCUT2D eigenvalue weighted by atomic mass is 32.2. The second-order valence-corrected chi connectivity index (χ2v) is 4.65. The van der Waals surface area contributed by atoms with Gasteiger partial charge in [0.15, 0.2) is 9.84 Å². The quantitative estimate of drug-likeness (QED) is 0.329. The maximum absolute atomic E-state index is 10.7. The lowest BCUT2D eigenvalue weighted by Crippen LogP contribution is -2.59. The summed E-state index contributed by atoms with van der Waals surface area (Å²) in [6.07, 6.45) is 0.213. The molecule has 0 aromatic carbocycles. The van der Waals surface area contributed by atoms with Gasteiger partial charge in [0.25, 0.3) is 0 Å². The molecule has 0 aromatic heterocycles. The Labute approximate surface area is 70.4 Å². The van der Waals surface area contributed by atoms with Crippen LogP contribution in [0.5, 0.6) is 0 Å². The first kappa shape index (κ1) is 11.3. The summed E-state index contributed by atoms with van der Waals surface area (Å²) in [4.78, 5) is 10.1. The van der Waals surface area contributed by atoms with E-state index in [1.807, 2.05) is 0 Å². The van der Waals surface area contributed by atoms with Gasteiger partial charge in [0.2, 0.25) is 0 Å². The SMILES string of the molecule is N[NH3+].O=C([O-])C1CCS(=O)(=O)C1. The molecular formula is C5H12N2O4S. The number of carbonyl (C=O) groups is 1. The molecule has 1 unspecified atom stereocenters. The summed E-state index contributed by atoms with van der Waals surface area (Å²) >= 11 is 0. The van der Waals surface area contributed by atoms with Crippen LogP contribution in [0, 0.1) is 5.92 Å². The third-order valence-electron chi connectivity index (χ3n) is 1.57. The highest BCUT2D eigenvalue weighted by molar-refractivity contribution is 7.91. The zero-order valence-electron chi connectivity index (χ0n) is 6.52. The molecule has 1 saturated heterocycles. The Morgan fingerprint density at radius 2 is 2.00 bits per heavy atom. The Bertz CT molecular complexity index is 248. The first-order valence-corrected chi connectivity index (χ1v) is 5.15. The summed E-state index contributed by atoms with van der Waals surface area (Å²) in [7, 11) is -3.06. The molecule has 0 saturated carbocycles. The van der Waals surface area contributed by atoms with E-state index in [1.54, 1.807) is 0 Å². The van der Waals surface area contributed by atoms with Gasteiger partial charge in [-0.05, 0) is 6.42 Å². The van der Waals surface area contributed by atoms with Gasteiger partial charge in [0, 0.05) is 11.9 Å². The standard InChI is InChI=1S/C5H8O4S.H4N2/c6-5(7)4-1-2-10(8,9)3-4;1-2/h4H,1-3H2,(H,6,7);1-2H2. The van der Waals surface area contributed by atoms with Crippen LogP contribution >= 0.6 is 0 Å². The number of nitrogens with two attached hydrogens (primary N) is 1. The molecule has 7 heteroatoms. The third-order valence-corrected chi connectivity index (χ3v) is 3.33. The Kier molecular flexibility index (Phi) is 4.15. The molecule has 6 nitrogen and oxygen atoms in total. The molecule has 1 atom stereocenters. The number of quaternary nitrogens is 1.